The molecule has 1 rings (SSSR count). The fourth-order valence-electron chi connectivity index (χ4n) is 1.31. The van der Waals surface area contributed by atoms with Crippen molar-refractivity contribution in [2.24, 2.45) is 0 Å². The summed E-state index contributed by atoms with van der Waals surface area (Å²) in [5, 5.41) is 0. The van der Waals surface area contributed by atoms with E-state index >= 15 is 0 Å². The van der Waals surface area contributed by atoms with Crippen molar-refractivity contribution in [2.45, 2.75) is 11.3 Å². The minimum absolute atomic E-state index is 0.0257. The lowest BCUT2D eigenvalue weighted by molar-refractivity contribution is 0.482. The summed E-state index contributed by atoms with van der Waals surface area (Å²) in [6, 6.07) is 6.12. The summed E-state index contributed by atoms with van der Waals surface area (Å²) in [6.07, 6.45) is 1.03. The lowest BCUT2D eigenvalue weighted by atomic mass is 10.2. The maximum absolute atomic E-state index is 11.4. The van der Waals surface area contributed by atoms with Crippen LogP contribution in [0.2, 0.25) is 0 Å². The summed E-state index contributed by atoms with van der Waals surface area (Å²) in [5.41, 5.74) is 0.391. The van der Waals surface area contributed by atoms with Gasteiger partial charge in [-0.1, -0.05) is 18.2 Å². The van der Waals surface area contributed by atoms with E-state index in [0.29, 0.717) is 5.56 Å². The van der Waals surface area contributed by atoms with Crippen LogP contribution < -0.4 is 0 Å². The quantitative estimate of drug-likeness (QED) is 0.801. The Morgan fingerprint density at radius 3 is 2.19 bits per heavy atom. The van der Waals surface area contributed by atoms with Gasteiger partial charge in [0.2, 0.25) is 0 Å². The number of aryl methyl sites for hydroxylation is 1. The molecule has 0 saturated heterocycles. The van der Waals surface area contributed by atoms with Gasteiger partial charge in [-0.3, -0.25) is 4.55 Å². The van der Waals surface area contributed by atoms with Crippen molar-refractivity contribution in [3.05, 3.63) is 29.8 Å². The molecule has 0 fully saturated rings. The minimum Gasteiger partial charge on any atom is -0.286 e. The maximum atomic E-state index is 11.4. The first-order valence-electron chi connectivity index (χ1n) is 4.43. The van der Waals surface area contributed by atoms with Crippen molar-refractivity contribution in [1.29, 1.82) is 0 Å². The summed E-state index contributed by atoms with van der Waals surface area (Å²) < 4.78 is 52.5. The second kappa shape index (κ2) is 4.52. The molecule has 1 aromatic rings. The highest BCUT2D eigenvalue weighted by molar-refractivity contribution is 7.90. The summed E-state index contributed by atoms with van der Waals surface area (Å²) >= 11 is 0. The Morgan fingerprint density at radius 2 is 1.69 bits per heavy atom. The molecule has 0 radical (unpaired) electrons. The average molecular weight is 264 g/mol. The van der Waals surface area contributed by atoms with Crippen LogP contribution in [0.15, 0.2) is 29.2 Å². The van der Waals surface area contributed by atoms with Gasteiger partial charge in [-0.05, 0) is 18.1 Å². The first kappa shape index (κ1) is 13.1. The molecule has 0 aliphatic rings. The first-order chi connectivity index (χ1) is 7.20. The maximum Gasteiger partial charge on any atom is 0.265 e. The molecular formula is C9H12O5S2. The molecule has 16 heavy (non-hydrogen) atoms. The van der Waals surface area contributed by atoms with Gasteiger partial charge >= 0.3 is 0 Å². The van der Waals surface area contributed by atoms with Crippen LogP contribution in [0, 0.1) is 0 Å². The predicted molar refractivity (Wildman–Crippen MR) is 59.7 cm³/mol. The van der Waals surface area contributed by atoms with E-state index in [1.54, 1.807) is 12.1 Å². The molecule has 0 saturated carbocycles. The molecule has 90 valence electrons. The van der Waals surface area contributed by atoms with Crippen LogP contribution in [-0.2, 0) is 26.4 Å². The van der Waals surface area contributed by atoms with Crippen LogP contribution in [-0.4, -0.2) is 33.4 Å². The fraction of sp³-hybridized carbons (Fsp3) is 0.333. The molecule has 0 aromatic heterocycles. The Labute approximate surface area is 94.8 Å². The zero-order valence-electron chi connectivity index (χ0n) is 8.62. The smallest absolute Gasteiger partial charge is 0.265 e. The van der Waals surface area contributed by atoms with Crippen molar-refractivity contribution >= 4 is 20.0 Å². The SMILES string of the molecule is CS(=O)(=O)c1ccccc1CCS(=O)(=O)O. The van der Waals surface area contributed by atoms with E-state index in [-0.39, 0.29) is 11.3 Å². The molecule has 5 nitrogen and oxygen atoms in total. The second-order valence-electron chi connectivity index (χ2n) is 3.42. The molecule has 0 unspecified atom stereocenters. The largest absolute Gasteiger partial charge is 0.286 e. The van der Waals surface area contributed by atoms with Crippen LogP contribution in [0.1, 0.15) is 5.56 Å². The van der Waals surface area contributed by atoms with Gasteiger partial charge in [-0.25, -0.2) is 8.42 Å². The zero-order chi connectivity index (χ0) is 12.4. The van der Waals surface area contributed by atoms with Crippen molar-refractivity contribution in [3.63, 3.8) is 0 Å². The van der Waals surface area contributed by atoms with E-state index in [2.05, 4.69) is 0 Å². The molecular weight excluding hydrogens is 252 g/mol. The van der Waals surface area contributed by atoms with Crippen LogP contribution in [0.3, 0.4) is 0 Å². The van der Waals surface area contributed by atoms with Crippen LogP contribution in [0.4, 0.5) is 0 Å². The summed E-state index contributed by atoms with van der Waals surface area (Å²) in [6.45, 7) is 0. The van der Waals surface area contributed by atoms with Gasteiger partial charge in [0.05, 0.1) is 10.6 Å². The van der Waals surface area contributed by atoms with Crippen LogP contribution >= 0.6 is 0 Å². The molecule has 1 N–H and O–H groups in total. The highest BCUT2D eigenvalue weighted by Gasteiger charge is 2.14. The third-order valence-corrected chi connectivity index (χ3v) is 3.92. The van der Waals surface area contributed by atoms with Crippen molar-refractivity contribution in [2.75, 3.05) is 12.0 Å². The molecule has 0 spiro atoms. The number of benzene rings is 1. The fourth-order valence-corrected chi connectivity index (χ4v) is 2.76. The third-order valence-electron chi connectivity index (χ3n) is 2.00. The summed E-state index contributed by atoms with van der Waals surface area (Å²) in [7, 11) is -7.46. The summed E-state index contributed by atoms with van der Waals surface area (Å²) in [5.74, 6) is -0.487. The minimum atomic E-state index is -4.08. The number of rotatable bonds is 4. The number of sulfone groups is 1. The predicted octanol–water partition coefficient (Wildman–Crippen LogP) is 0.520. The molecule has 0 amide bonds. The number of hydrogen-bond donors (Lipinski definition) is 1. The molecule has 1 aromatic carbocycles. The number of hydrogen-bond acceptors (Lipinski definition) is 4. The highest BCUT2D eigenvalue weighted by atomic mass is 32.2. The van der Waals surface area contributed by atoms with E-state index < -0.39 is 25.7 Å². The van der Waals surface area contributed by atoms with E-state index in [0.717, 1.165) is 6.26 Å². The van der Waals surface area contributed by atoms with Gasteiger partial charge in [-0.15, -0.1) is 0 Å². The Balaban J connectivity index is 3.06. The monoisotopic (exact) mass is 264 g/mol. The van der Waals surface area contributed by atoms with E-state index in [1.165, 1.54) is 12.1 Å². The Hall–Kier alpha value is -0.920. The van der Waals surface area contributed by atoms with Gasteiger partial charge in [0, 0.05) is 6.26 Å². The van der Waals surface area contributed by atoms with Gasteiger partial charge in [0.1, 0.15) is 0 Å². The van der Waals surface area contributed by atoms with Crippen LogP contribution in [0.25, 0.3) is 0 Å². The second-order valence-corrected chi connectivity index (χ2v) is 6.97. The van der Waals surface area contributed by atoms with Crippen molar-refractivity contribution < 1.29 is 21.4 Å². The Morgan fingerprint density at radius 1 is 1.12 bits per heavy atom. The lowest BCUT2D eigenvalue weighted by Gasteiger charge is -2.06. The standard InChI is InChI=1S/C9H12O5S2/c1-15(10,11)9-5-3-2-4-8(9)6-7-16(12,13)14/h2-5H,6-7H2,1H3,(H,12,13,14). The lowest BCUT2D eigenvalue weighted by Crippen LogP contribution is -2.09. The zero-order valence-corrected chi connectivity index (χ0v) is 10.3. The molecule has 0 heterocycles. The third kappa shape index (κ3) is 3.92. The van der Waals surface area contributed by atoms with E-state index in [4.69, 9.17) is 4.55 Å². The molecule has 0 aliphatic carbocycles. The molecule has 7 heteroatoms. The van der Waals surface area contributed by atoms with Crippen molar-refractivity contribution in [1.82, 2.24) is 0 Å². The molecule has 0 bridgehead atoms. The molecule has 0 aliphatic heterocycles. The van der Waals surface area contributed by atoms with Gasteiger partial charge in [0.25, 0.3) is 10.1 Å². The topological polar surface area (TPSA) is 88.5 Å². The van der Waals surface area contributed by atoms with Crippen molar-refractivity contribution in [3.8, 4) is 0 Å². The van der Waals surface area contributed by atoms with Gasteiger partial charge in [0.15, 0.2) is 9.84 Å². The molecule has 0 atom stereocenters. The van der Waals surface area contributed by atoms with Crippen LogP contribution in [0.5, 0.6) is 0 Å². The Kier molecular flexibility index (Phi) is 3.72. The van der Waals surface area contributed by atoms with E-state index in [9.17, 15) is 16.8 Å². The Bertz CT molecular complexity index is 572. The average Bonchev–Trinajstić information content (AvgIpc) is 2.12. The summed E-state index contributed by atoms with van der Waals surface area (Å²) in [4.78, 5) is 0.0960. The highest BCUT2D eigenvalue weighted by Crippen LogP contribution is 2.16. The normalized spacial score (nSPS) is 12.6. The first-order valence-corrected chi connectivity index (χ1v) is 7.93. The van der Waals surface area contributed by atoms with Gasteiger partial charge < -0.3 is 0 Å². The van der Waals surface area contributed by atoms with E-state index in [1.807, 2.05) is 0 Å². The van der Waals surface area contributed by atoms with Gasteiger partial charge in [-0.2, -0.15) is 8.42 Å².